The number of methoxy groups -OCH3 is 1. The summed E-state index contributed by atoms with van der Waals surface area (Å²) < 4.78 is 18.1. The molecule has 1 aliphatic carbocycles. The minimum atomic E-state index is -0.455. The second-order valence-corrected chi connectivity index (χ2v) is 10.7. The number of nitrogen functional groups attached to an aromatic ring is 1. The van der Waals surface area contributed by atoms with Crippen LogP contribution in [0.1, 0.15) is 42.4 Å². The van der Waals surface area contributed by atoms with E-state index in [2.05, 4.69) is 35.2 Å². The Kier molecular flexibility index (Phi) is 6.76. The summed E-state index contributed by atoms with van der Waals surface area (Å²) in [7, 11) is 1.70. The molecule has 3 aromatic carbocycles. The molecule has 0 fully saturated rings. The second kappa shape index (κ2) is 10.4. The highest BCUT2D eigenvalue weighted by atomic mass is 16.5. The number of hydrogen-bond acceptors (Lipinski definition) is 6. The van der Waals surface area contributed by atoms with E-state index in [0.717, 1.165) is 74.0 Å². The van der Waals surface area contributed by atoms with Crippen molar-refractivity contribution in [1.82, 2.24) is 4.90 Å². The van der Waals surface area contributed by atoms with E-state index in [0.29, 0.717) is 6.42 Å². The van der Waals surface area contributed by atoms with Crippen molar-refractivity contribution in [3.8, 4) is 23.0 Å². The first-order valence-electron chi connectivity index (χ1n) is 13.6. The van der Waals surface area contributed by atoms with Gasteiger partial charge in [0.05, 0.1) is 18.6 Å². The lowest BCUT2D eigenvalue weighted by Crippen LogP contribution is -2.43. The molecule has 3 aliphatic rings. The third-order valence-corrected chi connectivity index (χ3v) is 8.24. The van der Waals surface area contributed by atoms with E-state index in [1.165, 1.54) is 16.7 Å². The van der Waals surface area contributed by atoms with Gasteiger partial charge in [-0.05, 0) is 92.4 Å². The predicted molar refractivity (Wildman–Crippen MR) is 149 cm³/mol. The average molecular weight is 513 g/mol. The molecular weight excluding hydrogens is 476 g/mol. The SMILES string of the molecule is COc1ccc2c3c1O[C@@H]1C[C@H](O)C=C[C@]31CCN(CCCCc1cccc(Oc3ccc(N)cc3)c1)C2. The summed E-state index contributed by atoms with van der Waals surface area (Å²) in [4.78, 5) is 2.58. The van der Waals surface area contributed by atoms with Gasteiger partial charge in [-0.1, -0.05) is 30.4 Å². The number of aliphatic hydroxyl groups excluding tert-OH is 1. The number of nitrogens with zero attached hydrogens (tertiary/aromatic N) is 1. The third kappa shape index (κ3) is 4.74. The molecule has 0 amide bonds. The summed E-state index contributed by atoms with van der Waals surface area (Å²) in [5.41, 5.74) is 10.2. The third-order valence-electron chi connectivity index (χ3n) is 8.24. The van der Waals surface area contributed by atoms with Crippen LogP contribution in [0.15, 0.2) is 72.8 Å². The summed E-state index contributed by atoms with van der Waals surface area (Å²) >= 11 is 0. The van der Waals surface area contributed by atoms with Crippen LogP contribution in [0.2, 0.25) is 0 Å². The fraction of sp³-hybridized carbons (Fsp3) is 0.375. The first-order chi connectivity index (χ1) is 18.5. The molecule has 1 spiro atoms. The number of unbranched alkanes of at least 4 members (excludes halogenated alkanes) is 1. The molecule has 6 heteroatoms. The molecule has 6 rings (SSSR count). The van der Waals surface area contributed by atoms with E-state index in [9.17, 15) is 5.11 Å². The highest BCUT2D eigenvalue weighted by Gasteiger charge is 2.52. The molecule has 0 unspecified atom stereocenters. The molecule has 2 heterocycles. The molecule has 0 saturated carbocycles. The van der Waals surface area contributed by atoms with E-state index in [4.69, 9.17) is 19.9 Å². The Morgan fingerprint density at radius 1 is 1.08 bits per heavy atom. The molecule has 0 bridgehead atoms. The number of rotatable bonds is 8. The van der Waals surface area contributed by atoms with Crippen LogP contribution in [0.4, 0.5) is 5.69 Å². The van der Waals surface area contributed by atoms with Crippen molar-refractivity contribution < 1.29 is 19.3 Å². The standard InChI is InChI=1S/C32H36N2O4/c1-36-28-13-8-23-21-34(18-16-32-15-14-25(35)20-29(32)38-31(28)30(23)32)17-3-2-5-22-6-4-7-27(19-22)37-26-11-9-24(33)10-12-26/h4,6-15,19,25,29,35H,2-3,5,16-18,20-21,33H2,1H3/t25-,29-,32-/m1/s1. The molecule has 0 saturated heterocycles. The van der Waals surface area contributed by atoms with Crippen LogP contribution in [0.5, 0.6) is 23.0 Å². The second-order valence-electron chi connectivity index (χ2n) is 10.7. The van der Waals surface area contributed by atoms with E-state index >= 15 is 0 Å². The first-order valence-corrected chi connectivity index (χ1v) is 13.6. The van der Waals surface area contributed by atoms with Gasteiger partial charge in [0, 0.05) is 24.2 Å². The van der Waals surface area contributed by atoms with Gasteiger partial charge in [-0.15, -0.1) is 0 Å². The topological polar surface area (TPSA) is 77.2 Å². The van der Waals surface area contributed by atoms with E-state index in [1.54, 1.807) is 7.11 Å². The Balaban J connectivity index is 1.09. The number of anilines is 1. The number of benzene rings is 3. The van der Waals surface area contributed by atoms with E-state index in [1.807, 2.05) is 42.5 Å². The van der Waals surface area contributed by atoms with Crippen molar-refractivity contribution >= 4 is 5.69 Å². The van der Waals surface area contributed by atoms with Crippen LogP contribution >= 0.6 is 0 Å². The quantitative estimate of drug-likeness (QED) is 0.232. The van der Waals surface area contributed by atoms with Gasteiger partial charge in [0.1, 0.15) is 17.6 Å². The molecule has 198 valence electrons. The first kappa shape index (κ1) is 24.8. The normalized spacial score (nSPS) is 23.7. The van der Waals surface area contributed by atoms with Gasteiger partial charge < -0.3 is 25.1 Å². The fourth-order valence-electron chi connectivity index (χ4n) is 6.29. The van der Waals surface area contributed by atoms with Gasteiger partial charge in [-0.25, -0.2) is 0 Å². The van der Waals surface area contributed by atoms with Crippen molar-refractivity contribution in [2.45, 2.75) is 56.3 Å². The summed E-state index contributed by atoms with van der Waals surface area (Å²) in [6.45, 7) is 2.96. The van der Waals surface area contributed by atoms with Crippen molar-refractivity contribution in [3.05, 3.63) is 89.5 Å². The van der Waals surface area contributed by atoms with E-state index < -0.39 is 6.10 Å². The van der Waals surface area contributed by atoms with Gasteiger partial charge in [-0.2, -0.15) is 0 Å². The molecular formula is C32H36N2O4. The van der Waals surface area contributed by atoms with Gasteiger partial charge in [0.15, 0.2) is 11.5 Å². The molecule has 2 aliphatic heterocycles. The van der Waals surface area contributed by atoms with Crippen LogP contribution in [0.25, 0.3) is 0 Å². The molecule has 3 aromatic rings. The zero-order valence-electron chi connectivity index (χ0n) is 21.9. The zero-order chi connectivity index (χ0) is 26.1. The van der Waals surface area contributed by atoms with Gasteiger partial charge in [0.25, 0.3) is 0 Å². The molecule has 0 radical (unpaired) electrons. The van der Waals surface area contributed by atoms with Gasteiger partial charge in [-0.3, -0.25) is 4.90 Å². The smallest absolute Gasteiger partial charge is 0.166 e. The van der Waals surface area contributed by atoms with Crippen LogP contribution in [-0.4, -0.2) is 42.4 Å². The maximum atomic E-state index is 10.3. The van der Waals surface area contributed by atoms with Crippen LogP contribution in [-0.2, 0) is 18.4 Å². The highest BCUT2D eigenvalue weighted by Crippen LogP contribution is 2.55. The number of nitrogens with two attached hydrogens (primary N) is 1. The van der Waals surface area contributed by atoms with Crippen molar-refractivity contribution in [2.24, 2.45) is 0 Å². The van der Waals surface area contributed by atoms with Crippen molar-refractivity contribution in [3.63, 3.8) is 0 Å². The lowest BCUT2D eigenvalue weighted by atomic mass is 9.69. The number of hydrogen-bond donors (Lipinski definition) is 2. The van der Waals surface area contributed by atoms with Crippen LogP contribution < -0.4 is 19.9 Å². The Labute approximate surface area is 224 Å². The van der Waals surface area contributed by atoms with E-state index in [-0.39, 0.29) is 11.5 Å². The Bertz CT molecular complexity index is 1320. The Hall–Kier alpha value is -3.48. The minimum absolute atomic E-state index is 0.0461. The van der Waals surface area contributed by atoms with Crippen LogP contribution in [0, 0.1) is 0 Å². The number of aliphatic hydroxyl groups is 1. The lowest BCUT2D eigenvalue weighted by Gasteiger charge is -2.35. The molecule has 38 heavy (non-hydrogen) atoms. The maximum Gasteiger partial charge on any atom is 0.166 e. The maximum absolute atomic E-state index is 10.3. The molecule has 3 atom stereocenters. The van der Waals surface area contributed by atoms with Crippen molar-refractivity contribution in [2.75, 3.05) is 25.9 Å². The number of ether oxygens (including phenoxy) is 3. The molecule has 0 aromatic heterocycles. The summed E-state index contributed by atoms with van der Waals surface area (Å²) in [6.07, 6.45) is 8.54. The molecule has 6 nitrogen and oxygen atoms in total. The summed E-state index contributed by atoms with van der Waals surface area (Å²) in [5, 5.41) is 10.3. The average Bonchev–Trinajstić information content (AvgIpc) is 3.16. The van der Waals surface area contributed by atoms with Gasteiger partial charge in [0.2, 0.25) is 0 Å². The van der Waals surface area contributed by atoms with Crippen molar-refractivity contribution in [1.29, 1.82) is 0 Å². The molecule has 3 N–H and O–H groups in total. The largest absolute Gasteiger partial charge is 0.493 e. The Morgan fingerprint density at radius 2 is 1.95 bits per heavy atom. The minimum Gasteiger partial charge on any atom is -0.493 e. The van der Waals surface area contributed by atoms with Gasteiger partial charge >= 0.3 is 0 Å². The predicted octanol–water partition coefficient (Wildman–Crippen LogP) is 5.62. The lowest BCUT2D eigenvalue weighted by molar-refractivity contribution is 0.0809. The number of aryl methyl sites for hydroxylation is 1. The highest BCUT2D eigenvalue weighted by molar-refractivity contribution is 5.61. The summed E-state index contributed by atoms with van der Waals surface area (Å²) in [5.74, 6) is 3.30. The van der Waals surface area contributed by atoms with Crippen LogP contribution in [0.3, 0.4) is 0 Å². The Morgan fingerprint density at radius 3 is 2.79 bits per heavy atom. The fourth-order valence-corrected chi connectivity index (χ4v) is 6.29. The summed E-state index contributed by atoms with van der Waals surface area (Å²) in [6, 6.07) is 20.1. The zero-order valence-corrected chi connectivity index (χ0v) is 21.9. The monoisotopic (exact) mass is 512 g/mol.